The average molecular weight is 186 g/mol. The Morgan fingerprint density at radius 1 is 1.42 bits per heavy atom. The molecule has 0 aliphatic carbocycles. The van der Waals surface area contributed by atoms with Gasteiger partial charge in [-0.05, 0) is 5.56 Å². The van der Waals surface area contributed by atoms with Gasteiger partial charge in [0, 0.05) is 11.8 Å². The highest BCUT2D eigenvalue weighted by Gasteiger charge is 1.98. The number of amides is 1. The maximum Gasteiger partial charge on any atom is 0.422 e. The molecule has 1 aromatic rings. The Hall–Kier alpha value is -1.22. The third-order valence-electron chi connectivity index (χ3n) is 1.29. The molecule has 1 N–H and O–H groups in total. The molecule has 0 heterocycles. The molecule has 0 aromatic heterocycles. The molecule has 4 heteroatoms. The van der Waals surface area contributed by atoms with Crippen LogP contribution in [0.4, 0.5) is 4.79 Å². The molecule has 0 aliphatic heterocycles. The van der Waals surface area contributed by atoms with Crippen molar-refractivity contribution in [2.24, 2.45) is 0 Å². The van der Waals surface area contributed by atoms with Crippen molar-refractivity contribution >= 4 is 17.9 Å². The van der Waals surface area contributed by atoms with Crippen molar-refractivity contribution in [2.75, 3.05) is 0 Å². The van der Waals surface area contributed by atoms with E-state index in [-0.39, 0.29) is 6.61 Å². The van der Waals surface area contributed by atoms with E-state index in [2.05, 4.69) is 0 Å². The zero-order valence-electron chi connectivity index (χ0n) is 6.29. The largest absolute Gasteiger partial charge is 0.444 e. The lowest BCUT2D eigenvalue weighted by Gasteiger charge is -2.01. The number of rotatable bonds is 2. The van der Waals surface area contributed by atoms with Crippen LogP contribution < -0.4 is 4.84 Å². The lowest BCUT2D eigenvalue weighted by molar-refractivity contribution is 0.146. The first kappa shape index (κ1) is 8.87. The molecule has 1 amide bonds. The van der Waals surface area contributed by atoms with Gasteiger partial charge in [0.25, 0.3) is 0 Å². The topological polar surface area (TPSA) is 38.3 Å². The van der Waals surface area contributed by atoms with Crippen LogP contribution in [0.15, 0.2) is 30.3 Å². The number of carbonyl (C=O) groups is 1. The fraction of sp³-hybridized carbons (Fsp3) is 0.125. The van der Waals surface area contributed by atoms with Gasteiger partial charge in [-0.15, -0.1) is 0 Å². The minimum absolute atomic E-state index is 0.236. The number of hydrogen-bond acceptors (Lipinski definition) is 2. The maximum atomic E-state index is 10.5. The number of ether oxygens (including phenoxy) is 1. The highest BCUT2D eigenvalue weighted by Crippen LogP contribution is 2.00. The van der Waals surface area contributed by atoms with Crippen LogP contribution in [0, 0.1) is 0 Å². The second kappa shape index (κ2) is 4.62. The van der Waals surface area contributed by atoms with E-state index in [1.165, 1.54) is 0 Å². The van der Waals surface area contributed by atoms with Crippen LogP contribution >= 0.6 is 11.8 Å². The van der Waals surface area contributed by atoms with Crippen LogP contribution in [0.2, 0.25) is 0 Å². The molecule has 3 nitrogen and oxygen atoms in total. The van der Waals surface area contributed by atoms with E-state index in [0.29, 0.717) is 0 Å². The zero-order chi connectivity index (χ0) is 8.81. The molecule has 64 valence electrons. The Morgan fingerprint density at radius 3 is 2.67 bits per heavy atom. The lowest BCUT2D eigenvalue weighted by Crippen LogP contribution is -2.13. The fourth-order valence-electron chi connectivity index (χ4n) is 0.750. The first-order valence-corrected chi connectivity index (χ1v) is 3.78. The summed E-state index contributed by atoms with van der Waals surface area (Å²) < 4.78 is 4.70. The highest BCUT2D eigenvalue weighted by atomic mass is 35.5. The molecular weight excluding hydrogens is 178 g/mol. The van der Waals surface area contributed by atoms with E-state index in [9.17, 15) is 4.79 Å². The molecule has 12 heavy (non-hydrogen) atoms. The van der Waals surface area contributed by atoms with Gasteiger partial charge in [-0.2, -0.15) is 0 Å². The first-order valence-electron chi connectivity index (χ1n) is 3.40. The van der Waals surface area contributed by atoms with E-state index < -0.39 is 6.09 Å². The summed E-state index contributed by atoms with van der Waals surface area (Å²) in [5, 5.41) is 0. The summed E-state index contributed by atoms with van der Waals surface area (Å²) in [6, 6.07) is 9.36. The Labute approximate surface area is 75.4 Å². The molecule has 0 spiro atoms. The Kier molecular flexibility index (Phi) is 3.41. The minimum atomic E-state index is -0.638. The summed E-state index contributed by atoms with van der Waals surface area (Å²) in [5.41, 5.74) is 0.928. The van der Waals surface area contributed by atoms with Gasteiger partial charge in [-0.3, -0.25) is 0 Å². The summed E-state index contributed by atoms with van der Waals surface area (Å²) in [5.74, 6) is 0. The van der Waals surface area contributed by atoms with Crippen LogP contribution in [0.5, 0.6) is 0 Å². The van der Waals surface area contributed by atoms with Crippen LogP contribution in [0.3, 0.4) is 0 Å². The number of carbonyl (C=O) groups excluding carboxylic acids is 1. The summed E-state index contributed by atoms with van der Waals surface area (Å²) in [4.78, 5) is 12.4. The molecule has 1 aromatic carbocycles. The fourth-order valence-corrected chi connectivity index (χ4v) is 0.805. The van der Waals surface area contributed by atoms with E-state index in [4.69, 9.17) is 16.5 Å². The molecule has 0 fully saturated rings. The van der Waals surface area contributed by atoms with Crippen molar-refractivity contribution in [3.8, 4) is 0 Å². The van der Waals surface area contributed by atoms with Crippen LogP contribution in [-0.4, -0.2) is 6.09 Å². The van der Waals surface area contributed by atoms with Crippen molar-refractivity contribution in [1.82, 2.24) is 4.84 Å². The van der Waals surface area contributed by atoms with Crippen LogP contribution in [0.25, 0.3) is 0 Å². The molecule has 0 radical (unpaired) electrons. The summed E-state index contributed by atoms with van der Waals surface area (Å²) in [6.07, 6.45) is -0.638. The summed E-state index contributed by atoms with van der Waals surface area (Å²) in [6.45, 7) is 0.236. The molecular formula is C8H8ClNO2. The van der Waals surface area contributed by atoms with E-state index >= 15 is 0 Å². The number of halogens is 1. The van der Waals surface area contributed by atoms with Crippen molar-refractivity contribution < 1.29 is 9.53 Å². The predicted octanol–water partition coefficient (Wildman–Crippen LogP) is 2.07. The molecule has 1 rings (SSSR count). The standard InChI is InChI=1S/C8H8ClNO2/c9-10-8(11)12-6-7-4-2-1-3-5-7/h1-5H,6H2,(H,10,11). The van der Waals surface area contributed by atoms with Gasteiger partial charge in [-0.1, -0.05) is 30.3 Å². The smallest absolute Gasteiger partial charge is 0.422 e. The van der Waals surface area contributed by atoms with Gasteiger partial charge in [0.15, 0.2) is 0 Å². The van der Waals surface area contributed by atoms with Crippen LogP contribution in [-0.2, 0) is 11.3 Å². The van der Waals surface area contributed by atoms with E-state index in [1.807, 2.05) is 35.2 Å². The van der Waals surface area contributed by atoms with Gasteiger partial charge < -0.3 is 4.74 Å². The predicted molar refractivity (Wildman–Crippen MR) is 45.6 cm³/mol. The van der Waals surface area contributed by atoms with Gasteiger partial charge in [0.1, 0.15) is 6.61 Å². The molecule has 0 atom stereocenters. The second-order valence-corrected chi connectivity index (χ2v) is 2.35. The van der Waals surface area contributed by atoms with E-state index in [1.54, 1.807) is 0 Å². The molecule has 0 bridgehead atoms. The maximum absolute atomic E-state index is 10.5. The van der Waals surface area contributed by atoms with Crippen molar-refractivity contribution in [1.29, 1.82) is 0 Å². The average Bonchev–Trinajstić information content (AvgIpc) is 2.16. The SMILES string of the molecule is O=C(NCl)OCc1ccccc1. The molecule has 0 saturated carbocycles. The van der Waals surface area contributed by atoms with Crippen molar-refractivity contribution in [2.45, 2.75) is 6.61 Å². The molecule has 0 aliphatic rings. The summed E-state index contributed by atoms with van der Waals surface area (Å²) >= 11 is 4.99. The van der Waals surface area contributed by atoms with Gasteiger partial charge in [0.05, 0.1) is 0 Å². The number of hydrogen-bond donors (Lipinski definition) is 1. The summed E-state index contributed by atoms with van der Waals surface area (Å²) in [7, 11) is 0. The van der Waals surface area contributed by atoms with Crippen molar-refractivity contribution in [3.05, 3.63) is 35.9 Å². The first-order chi connectivity index (χ1) is 5.83. The molecule has 0 unspecified atom stereocenters. The van der Waals surface area contributed by atoms with Gasteiger partial charge in [0.2, 0.25) is 0 Å². The quantitative estimate of drug-likeness (QED) is 0.717. The van der Waals surface area contributed by atoms with Crippen molar-refractivity contribution in [3.63, 3.8) is 0 Å². The Morgan fingerprint density at radius 2 is 2.08 bits per heavy atom. The van der Waals surface area contributed by atoms with E-state index in [0.717, 1.165) is 5.56 Å². The second-order valence-electron chi connectivity index (χ2n) is 2.16. The third-order valence-corrected chi connectivity index (χ3v) is 1.44. The zero-order valence-corrected chi connectivity index (χ0v) is 7.04. The minimum Gasteiger partial charge on any atom is -0.444 e. The third kappa shape index (κ3) is 2.80. The molecule has 0 saturated heterocycles. The monoisotopic (exact) mass is 185 g/mol. The highest BCUT2D eigenvalue weighted by molar-refractivity contribution is 6.20. The number of benzene rings is 1. The van der Waals surface area contributed by atoms with Gasteiger partial charge in [-0.25, -0.2) is 9.63 Å². The lowest BCUT2D eigenvalue weighted by atomic mass is 10.2. The number of nitrogens with one attached hydrogen (secondary N) is 1. The Bertz CT molecular complexity index is 250. The Balaban J connectivity index is 2.38. The van der Waals surface area contributed by atoms with Gasteiger partial charge >= 0.3 is 6.09 Å². The van der Waals surface area contributed by atoms with Crippen LogP contribution in [0.1, 0.15) is 5.56 Å². The normalized spacial score (nSPS) is 9.08.